The Kier molecular flexibility index (Phi) is 3.88. The first-order valence-corrected chi connectivity index (χ1v) is 7.52. The van der Waals surface area contributed by atoms with Crippen LogP contribution in [0.5, 0.6) is 5.75 Å². The molecule has 1 aromatic carbocycles. The van der Waals surface area contributed by atoms with E-state index in [0.717, 1.165) is 0 Å². The number of halogens is 1. The number of fused-ring (bicyclic) bond motifs is 1. The molecule has 0 fully saturated rings. The fourth-order valence-electron chi connectivity index (χ4n) is 2.83. The van der Waals surface area contributed by atoms with Crippen molar-refractivity contribution in [2.45, 2.75) is 19.3 Å². The number of aryl methyl sites for hydroxylation is 1. The summed E-state index contributed by atoms with van der Waals surface area (Å²) in [7, 11) is 1.61. The molecule has 0 radical (unpaired) electrons. The number of non-ortho nitro benzene ring substituents is 1. The summed E-state index contributed by atoms with van der Waals surface area (Å²) in [4.78, 5) is 35.1. The van der Waals surface area contributed by atoms with E-state index in [-0.39, 0.29) is 34.0 Å². The predicted molar refractivity (Wildman–Crippen MR) is 86.6 cm³/mol. The van der Waals surface area contributed by atoms with Crippen LogP contribution in [0.2, 0.25) is 5.02 Å². The Morgan fingerprint density at radius 3 is 2.71 bits per heavy atom. The molecule has 7 nitrogen and oxygen atoms in total. The normalized spacial score (nSPS) is 16.5. The molecule has 0 unspecified atom stereocenters. The van der Waals surface area contributed by atoms with E-state index < -0.39 is 16.8 Å². The molecule has 2 aromatic rings. The number of ether oxygens (including phenoxy) is 1. The lowest BCUT2D eigenvalue weighted by atomic mass is 9.86. The van der Waals surface area contributed by atoms with Crippen LogP contribution < -0.4 is 10.3 Å². The van der Waals surface area contributed by atoms with Crippen molar-refractivity contribution in [1.29, 1.82) is 0 Å². The van der Waals surface area contributed by atoms with E-state index in [1.54, 1.807) is 20.0 Å². The van der Waals surface area contributed by atoms with Gasteiger partial charge in [0.2, 0.25) is 0 Å². The Morgan fingerprint density at radius 1 is 1.33 bits per heavy atom. The molecule has 124 valence electrons. The number of nitro groups is 1. The smallest absolute Gasteiger partial charge is 0.312 e. The van der Waals surface area contributed by atoms with Gasteiger partial charge in [-0.3, -0.25) is 19.7 Å². The molecule has 1 aromatic heterocycles. The Labute approximate surface area is 141 Å². The van der Waals surface area contributed by atoms with Crippen LogP contribution in [0.3, 0.4) is 0 Å². The number of benzene rings is 1. The van der Waals surface area contributed by atoms with E-state index in [2.05, 4.69) is 0 Å². The highest BCUT2D eigenvalue weighted by Gasteiger charge is 2.34. The van der Waals surface area contributed by atoms with Gasteiger partial charge >= 0.3 is 5.97 Å². The van der Waals surface area contributed by atoms with Crippen LogP contribution in [-0.4, -0.2) is 15.5 Å². The zero-order chi connectivity index (χ0) is 17.6. The van der Waals surface area contributed by atoms with Crippen LogP contribution in [0, 0.1) is 17.0 Å². The van der Waals surface area contributed by atoms with Gasteiger partial charge in [0.05, 0.1) is 16.9 Å². The number of nitro benzene ring substituents is 1. The molecule has 1 aliphatic rings. The first-order valence-electron chi connectivity index (χ1n) is 7.14. The summed E-state index contributed by atoms with van der Waals surface area (Å²) in [6.45, 7) is 1.72. The molecule has 0 bridgehead atoms. The topological polar surface area (TPSA) is 91.4 Å². The molecular weight excluding hydrogens is 336 g/mol. The molecule has 8 heteroatoms. The van der Waals surface area contributed by atoms with Crippen LogP contribution in [0.1, 0.15) is 29.2 Å². The fourth-order valence-corrected chi connectivity index (χ4v) is 3.08. The zero-order valence-electron chi connectivity index (χ0n) is 12.9. The third-order valence-electron chi connectivity index (χ3n) is 4.18. The lowest BCUT2D eigenvalue weighted by molar-refractivity contribution is -0.384. The molecule has 1 aliphatic heterocycles. The lowest BCUT2D eigenvalue weighted by Crippen LogP contribution is -2.32. The van der Waals surface area contributed by atoms with Crippen LogP contribution >= 0.6 is 11.6 Å². The maximum absolute atomic E-state index is 12.6. The highest BCUT2D eigenvalue weighted by molar-refractivity contribution is 6.31. The molecule has 0 saturated carbocycles. The fraction of sp³-hybridized carbons (Fsp3) is 0.250. The molecule has 3 rings (SSSR count). The standard InChI is InChI=1S/C16H13ClN2O5/c1-8-5-13-15(16(21)18(8)2)11(7-14(20)24-13)10-6-9(19(22)23)3-4-12(10)17/h3-6,11H,7H2,1-2H3/t11-/m1/s1. The maximum Gasteiger partial charge on any atom is 0.312 e. The van der Waals surface area contributed by atoms with Crippen molar-refractivity contribution in [2.75, 3.05) is 0 Å². The number of carbonyl (C=O) groups excluding carboxylic acids is 1. The second-order valence-electron chi connectivity index (χ2n) is 5.62. The quantitative estimate of drug-likeness (QED) is 0.472. The SMILES string of the molecule is Cc1cc2c(c(=O)n1C)[C@@H](c1cc([N+](=O)[O-])ccc1Cl)CC(=O)O2. The summed E-state index contributed by atoms with van der Waals surface area (Å²) in [5.74, 6) is -1.02. The minimum Gasteiger partial charge on any atom is -0.426 e. The van der Waals surface area contributed by atoms with Gasteiger partial charge in [0.25, 0.3) is 11.2 Å². The van der Waals surface area contributed by atoms with Crippen LogP contribution in [-0.2, 0) is 11.8 Å². The minimum atomic E-state index is -0.687. The zero-order valence-corrected chi connectivity index (χ0v) is 13.7. The van der Waals surface area contributed by atoms with E-state index in [9.17, 15) is 19.7 Å². The van der Waals surface area contributed by atoms with Gasteiger partial charge in [-0.25, -0.2) is 0 Å². The molecule has 0 amide bonds. The van der Waals surface area contributed by atoms with Crippen molar-refractivity contribution in [1.82, 2.24) is 4.57 Å². The number of carbonyl (C=O) groups is 1. The number of hydrogen-bond acceptors (Lipinski definition) is 5. The molecular formula is C16H13ClN2O5. The molecule has 0 spiro atoms. The van der Waals surface area contributed by atoms with E-state index in [1.165, 1.54) is 22.8 Å². The second-order valence-corrected chi connectivity index (χ2v) is 6.03. The summed E-state index contributed by atoms with van der Waals surface area (Å²) in [5.41, 5.74) is 0.816. The Bertz CT molecular complexity index is 935. The van der Waals surface area contributed by atoms with Crippen molar-refractivity contribution in [3.8, 4) is 5.75 Å². The highest BCUT2D eigenvalue weighted by Crippen LogP contribution is 2.40. The average molecular weight is 349 g/mol. The van der Waals surface area contributed by atoms with Gasteiger partial charge in [-0.15, -0.1) is 0 Å². The summed E-state index contributed by atoms with van der Waals surface area (Å²) >= 11 is 6.19. The first-order chi connectivity index (χ1) is 11.3. The molecule has 0 N–H and O–H groups in total. The van der Waals surface area contributed by atoms with Crippen molar-refractivity contribution >= 4 is 23.3 Å². The predicted octanol–water partition coefficient (Wildman–Crippen LogP) is 2.70. The Morgan fingerprint density at radius 2 is 2.04 bits per heavy atom. The summed E-state index contributed by atoms with van der Waals surface area (Å²) in [6, 6.07) is 5.58. The Hall–Kier alpha value is -2.67. The van der Waals surface area contributed by atoms with Gasteiger partial charge in [0, 0.05) is 41.9 Å². The highest BCUT2D eigenvalue weighted by atomic mass is 35.5. The van der Waals surface area contributed by atoms with Crippen molar-refractivity contribution in [3.05, 3.63) is 66.6 Å². The van der Waals surface area contributed by atoms with Crippen LogP contribution in [0.15, 0.2) is 29.1 Å². The van der Waals surface area contributed by atoms with E-state index in [1.807, 2.05) is 0 Å². The van der Waals surface area contributed by atoms with Gasteiger partial charge in [-0.2, -0.15) is 0 Å². The minimum absolute atomic E-state index is 0.105. The third-order valence-corrected chi connectivity index (χ3v) is 4.52. The van der Waals surface area contributed by atoms with Crippen molar-refractivity contribution in [2.24, 2.45) is 7.05 Å². The molecule has 0 saturated heterocycles. The van der Waals surface area contributed by atoms with Crippen LogP contribution in [0.4, 0.5) is 5.69 Å². The number of pyridine rings is 1. The van der Waals surface area contributed by atoms with Gasteiger partial charge in [-0.05, 0) is 18.6 Å². The van der Waals surface area contributed by atoms with Gasteiger partial charge in [-0.1, -0.05) is 11.6 Å². The molecule has 1 atom stereocenters. The average Bonchev–Trinajstić information content (AvgIpc) is 2.52. The molecule has 2 heterocycles. The van der Waals surface area contributed by atoms with E-state index in [4.69, 9.17) is 16.3 Å². The molecule has 24 heavy (non-hydrogen) atoms. The maximum atomic E-state index is 12.6. The number of aromatic nitrogens is 1. The summed E-state index contributed by atoms with van der Waals surface area (Å²) in [5, 5.41) is 11.3. The number of rotatable bonds is 2. The van der Waals surface area contributed by atoms with Gasteiger partial charge < -0.3 is 9.30 Å². The third kappa shape index (κ3) is 2.56. The van der Waals surface area contributed by atoms with Crippen molar-refractivity contribution < 1.29 is 14.5 Å². The van der Waals surface area contributed by atoms with E-state index in [0.29, 0.717) is 11.3 Å². The van der Waals surface area contributed by atoms with Gasteiger partial charge in [0.15, 0.2) is 0 Å². The number of hydrogen-bond donors (Lipinski definition) is 0. The first kappa shape index (κ1) is 16.2. The van der Waals surface area contributed by atoms with Crippen LogP contribution in [0.25, 0.3) is 0 Å². The lowest BCUT2D eigenvalue weighted by Gasteiger charge is -2.25. The Balaban J connectivity index is 2.27. The summed E-state index contributed by atoms with van der Waals surface area (Å²) in [6.07, 6.45) is -0.105. The largest absolute Gasteiger partial charge is 0.426 e. The van der Waals surface area contributed by atoms with Gasteiger partial charge in [0.1, 0.15) is 5.75 Å². The monoisotopic (exact) mass is 348 g/mol. The number of nitrogens with zero attached hydrogens (tertiary/aromatic N) is 2. The summed E-state index contributed by atoms with van der Waals surface area (Å²) < 4.78 is 6.63. The van der Waals surface area contributed by atoms with E-state index >= 15 is 0 Å². The number of esters is 1. The molecule has 0 aliphatic carbocycles. The van der Waals surface area contributed by atoms with Crippen molar-refractivity contribution in [3.63, 3.8) is 0 Å². The second kappa shape index (κ2) is 5.76.